The average molecular weight is 293 g/mol. The Morgan fingerprint density at radius 1 is 1.45 bits per heavy atom. The molecule has 1 unspecified atom stereocenters. The number of aryl methyl sites for hydroxylation is 2. The molecular weight excluding hydrogens is 270 g/mol. The molecule has 2 aromatic heterocycles. The lowest BCUT2D eigenvalue weighted by Gasteiger charge is -2.16. The van der Waals surface area contributed by atoms with Gasteiger partial charge in [-0.15, -0.1) is 11.3 Å². The SMILES string of the molecule is CCc1cc(CC(NC)c2sccc2OC)n(CC)n1. The van der Waals surface area contributed by atoms with E-state index < -0.39 is 0 Å². The molecule has 2 rings (SSSR count). The third kappa shape index (κ3) is 3.04. The van der Waals surface area contributed by atoms with Crippen LogP contribution in [0.5, 0.6) is 5.75 Å². The Balaban J connectivity index is 2.24. The van der Waals surface area contributed by atoms with Crippen LogP contribution in [0.4, 0.5) is 0 Å². The Morgan fingerprint density at radius 2 is 2.25 bits per heavy atom. The summed E-state index contributed by atoms with van der Waals surface area (Å²) in [5, 5.41) is 10.1. The molecule has 5 heteroatoms. The van der Waals surface area contributed by atoms with E-state index in [-0.39, 0.29) is 6.04 Å². The van der Waals surface area contributed by atoms with Gasteiger partial charge in [-0.3, -0.25) is 4.68 Å². The summed E-state index contributed by atoms with van der Waals surface area (Å²) >= 11 is 1.73. The predicted molar refractivity (Wildman–Crippen MR) is 83.7 cm³/mol. The molecule has 4 nitrogen and oxygen atoms in total. The average Bonchev–Trinajstić information content (AvgIpc) is 3.10. The van der Waals surface area contributed by atoms with Crippen LogP contribution in [0, 0.1) is 0 Å². The van der Waals surface area contributed by atoms with E-state index in [1.807, 2.05) is 13.1 Å². The maximum absolute atomic E-state index is 5.44. The van der Waals surface area contributed by atoms with Crippen molar-refractivity contribution in [3.05, 3.63) is 33.8 Å². The van der Waals surface area contributed by atoms with E-state index in [1.54, 1.807) is 18.4 Å². The molecule has 2 heterocycles. The van der Waals surface area contributed by atoms with Crippen LogP contribution >= 0.6 is 11.3 Å². The van der Waals surface area contributed by atoms with Crippen molar-refractivity contribution in [2.45, 2.75) is 39.3 Å². The van der Waals surface area contributed by atoms with Crippen LogP contribution in [-0.4, -0.2) is 23.9 Å². The Bertz CT molecular complexity index is 547. The van der Waals surface area contributed by atoms with E-state index in [9.17, 15) is 0 Å². The summed E-state index contributed by atoms with van der Waals surface area (Å²) in [7, 11) is 3.72. The van der Waals surface area contributed by atoms with Gasteiger partial charge in [0.15, 0.2) is 0 Å². The van der Waals surface area contributed by atoms with Crippen LogP contribution in [0.3, 0.4) is 0 Å². The van der Waals surface area contributed by atoms with Crippen molar-refractivity contribution in [3.8, 4) is 5.75 Å². The molecule has 0 bridgehead atoms. The van der Waals surface area contributed by atoms with Crippen molar-refractivity contribution in [2.75, 3.05) is 14.2 Å². The van der Waals surface area contributed by atoms with Crippen LogP contribution in [0.25, 0.3) is 0 Å². The molecule has 0 amide bonds. The number of methoxy groups -OCH3 is 1. The number of aromatic nitrogens is 2. The summed E-state index contributed by atoms with van der Waals surface area (Å²) in [6.45, 7) is 5.19. The minimum Gasteiger partial charge on any atom is -0.496 e. The first kappa shape index (κ1) is 15.1. The highest BCUT2D eigenvalue weighted by Gasteiger charge is 2.19. The van der Waals surface area contributed by atoms with Gasteiger partial charge in [0, 0.05) is 18.7 Å². The molecule has 0 aliphatic heterocycles. The van der Waals surface area contributed by atoms with Gasteiger partial charge < -0.3 is 10.1 Å². The molecule has 0 spiro atoms. The number of nitrogens with zero attached hydrogens (tertiary/aromatic N) is 2. The fourth-order valence-electron chi connectivity index (χ4n) is 2.39. The lowest BCUT2D eigenvalue weighted by molar-refractivity contribution is 0.404. The first-order valence-electron chi connectivity index (χ1n) is 7.07. The third-order valence-corrected chi connectivity index (χ3v) is 4.54. The van der Waals surface area contributed by atoms with E-state index in [0.29, 0.717) is 0 Å². The summed E-state index contributed by atoms with van der Waals surface area (Å²) < 4.78 is 7.54. The molecule has 1 N–H and O–H groups in total. The Kier molecular flexibility index (Phi) is 5.20. The van der Waals surface area contributed by atoms with E-state index in [1.165, 1.54) is 10.6 Å². The van der Waals surface area contributed by atoms with E-state index in [0.717, 1.165) is 30.8 Å². The first-order valence-corrected chi connectivity index (χ1v) is 7.95. The van der Waals surface area contributed by atoms with Gasteiger partial charge in [-0.05, 0) is 37.9 Å². The van der Waals surface area contributed by atoms with Crippen molar-refractivity contribution >= 4 is 11.3 Å². The van der Waals surface area contributed by atoms with E-state index >= 15 is 0 Å². The van der Waals surface area contributed by atoms with Crippen molar-refractivity contribution in [1.29, 1.82) is 0 Å². The fourth-order valence-corrected chi connectivity index (χ4v) is 3.36. The molecule has 0 saturated heterocycles. The summed E-state index contributed by atoms with van der Waals surface area (Å²) in [5.41, 5.74) is 2.44. The van der Waals surface area contributed by atoms with Gasteiger partial charge in [0.05, 0.1) is 23.7 Å². The second-order valence-corrected chi connectivity index (χ2v) is 5.64. The third-order valence-electron chi connectivity index (χ3n) is 3.53. The monoisotopic (exact) mass is 293 g/mol. The fraction of sp³-hybridized carbons (Fsp3) is 0.533. The minimum atomic E-state index is 0.261. The quantitative estimate of drug-likeness (QED) is 0.853. The van der Waals surface area contributed by atoms with Crippen LogP contribution in [0.15, 0.2) is 17.5 Å². The standard InChI is InChI=1S/C15H23N3OS/c1-5-11-9-12(18(6-2)17-11)10-13(16-3)15-14(19-4)7-8-20-15/h7-9,13,16H,5-6,10H2,1-4H3. The molecule has 2 aromatic rings. The second-order valence-electron chi connectivity index (χ2n) is 4.69. The zero-order valence-electron chi connectivity index (χ0n) is 12.6. The van der Waals surface area contributed by atoms with Crippen molar-refractivity contribution in [2.24, 2.45) is 0 Å². The second kappa shape index (κ2) is 6.90. The van der Waals surface area contributed by atoms with Crippen LogP contribution in [-0.2, 0) is 19.4 Å². The van der Waals surface area contributed by atoms with Gasteiger partial charge in [0.1, 0.15) is 5.75 Å². The van der Waals surface area contributed by atoms with Crippen molar-refractivity contribution in [3.63, 3.8) is 0 Å². The topological polar surface area (TPSA) is 39.1 Å². The predicted octanol–water partition coefficient (Wildman–Crippen LogP) is 3.04. The van der Waals surface area contributed by atoms with Crippen molar-refractivity contribution < 1.29 is 4.74 Å². The molecule has 0 saturated carbocycles. The summed E-state index contributed by atoms with van der Waals surface area (Å²) in [4.78, 5) is 1.25. The molecular formula is C15H23N3OS. The highest BCUT2D eigenvalue weighted by molar-refractivity contribution is 7.10. The van der Waals surface area contributed by atoms with Gasteiger partial charge in [-0.2, -0.15) is 5.10 Å². The molecule has 0 radical (unpaired) electrons. The maximum atomic E-state index is 5.44. The Labute approximate surface area is 124 Å². The highest BCUT2D eigenvalue weighted by Crippen LogP contribution is 2.32. The Hall–Kier alpha value is -1.33. The van der Waals surface area contributed by atoms with Gasteiger partial charge in [0.2, 0.25) is 0 Å². The zero-order chi connectivity index (χ0) is 14.5. The number of nitrogens with one attached hydrogen (secondary N) is 1. The first-order chi connectivity index (χ1) is 9.73. The van der Waals surface area contributed by atoms with Gasteiger partial charge in [0.25, 0.3) is 0 Å². The number of thiophene rings is 1. The molecule has 1 atom stereocenters. The number of rotatable bonds is 7. The molecule has 0 aliphatic rings. The number of ether oxygens (including phenoxy) is 1. The van der Waals surface area contributed by atoms with Crippen molar-refractivity contribution in [1.82, 2.24) is 15.1 Å². The largest absolute Gasteiger partial charge is 0.496 e. The number of hydrogen-bond donors (Lipinski definition) is 1. The molecule has 0 aliphatic carbocycles. The minimum absolute atomic E-state index is 0.261. The smallest absolute Gasteiger partial charge is 0.134 e. The number of hydrogen-bond acceptors (Lipinski definition) is 4. The zero-order valence-corrected chi connectivity index (χ0v) is 13.5. The van der Waals surface area contributed by atoms with Crippen LogP contribution in [0.2, 0.25) is 0 Å². The maximum Gasteiger partial charge on any atom is 0.134 e. The number of likely N-dealkylation sites (N-methyl/N-ethyl adjacent to an activating group) is 1. The Morgan fingerprint density at radius 3 is 2.85 bits per heavy atom. The van der Waals surface area contributed by atoms with Crippen LogP contribution in [0.1, 0.15) is 36.2 Å². The lowest BCUT2D eigenvalue weighted by atomic mass is 10.1. The van der Waals surface area contributed by atoms with Crippen LogP contribution < -0.4 is 10.1 Å². The molecule has 20 heavy (non-hydrogen) atoms. The van der Waals surface area contributed by atoms with Gasteiger partial charge in [-0.1, -0.05) is 6.92 Å². The summed E-state index contributed by atoms with van der Waals surface area (Å²) in [6.07, 6.45) is 1.90. The highest BCUT2D eigenvalue weighted by atomic mass is 32.1. The van der Waals surface area contributed by atoms with E-state index in [2.05, 4.69) is 40.4 Å². The molecule has 110 valence electrons. The summed E-state index contributed by atoms with van der Waals surface area (Å²) in [6, 6.07) is 4.50. The van der Waals surface area contributed by atoms with Gasteiger partial charge >= 0.3 is 0 Å². The molecule has 0 fully saturated rings. The lowest BCUT2D eigenvalue weighted by Crippen LogP contribution is -2.20. The normalized spacial score (nSPS) is 12.6. The van der Waals surface area contributed by atoms with E-state index in [4.69, 9.17) is 4.74 Å². The molecule has 0 aromatic carbocycles. The summed E-state index contributed by atoms with van der Waals surface area (Å²) in [5.74, 6) is 0.965. The van der Waals surface area contributed by atoms with Gasteiger partial charge in [-0.25, -0.2) is 0 Å².